The number of carbonyl (C=O) groups excluding carboxylic acids is 1. The zero-order chi connectivity index (χ0) is 15.4. The van der Waals surface area contributed by atoms with Crippen molar-refractivity contribution in [2.24, 2.45) is 0 Å². The Morgan fingerprint density at radius 2 is 2.19 bits per heavy atom. The normalized spacial score (nSPS) is 9.90. The molecule has 0 saturated carbocycles. The van der Waals surface area contributed by atoms with E-state index in [-0.39, 0.29) is 18.1 Å². The Balaban J connectivity index is 2.30. The lowest BCUT2D eigenvalue weighted by molar-refractivity contribution is -0.385. The second kappa shape index (κ2) is 5.92. The zero-order valence-electron chi connectivity index (χ0n) is 11.2. The molecule has 0 aliphatic rings. The summed E-state index contributed by atoms with van der Waals surface area (Å²) >= 11 is 0. The first-order valence-electron chi connectivity index (χ1n) is 5.98. The number of nitro benzene ring substituents is 1. The molecule has 0 aliphatic carbocycles. The molecule has 0 saturated heterocycles. The number of esters is 1. The molecule has 0 spiro atoms. The van der Waals surface area contributed by atoms with Gasteiger partial charge in [-0.1, -0.05) is 18.1 Å². The smallest absolute Gasteiger partial charge is 0.375 e. The summed E-state index contributed by atoms with van der Waals surface area (Å²) in [5.41, 5.74) is 1.03. The molecule has 0 unspecified atom stereocenters. The van der Waals surface area contributed by atoms with Crippen LogP contribution < -0.4 is 0 Å². The van der Waals surface area contributed by atoms with Gasteiger partial charge in [0.25, 0.3) is 5.69 Å². The van der Waals surface area contributed by atoms with Gasteiger partial charge in [0, 0.05) is 17.2 Å². The van der Waals surface area contributed by atoms with Gasteiger partial charge in [0.15, 0.2) is 6.61 Å². The highest BCUT2D eigenvalue weighted by molar-refractivity contribution is 5.87. The van der Waals surface area contributed by atoms with Gasteiger partial charge in [0.05, 0.1) is 4.92 Å². The summed E-state index contributed by atoms with van der Waals surface area (Å²) < 4.78 is 10.1. The molecule has 1 aromatic carbocycles. The summed E-state index contributed by atoms with van der Waals surface area (Å²) in [6.45, 7) is 1.50. The summed E-state index contributed by atoms with van der Waals surface area (Å²) in [6, 6.07) is 7.66. The SMILES string of the molecule is C#CCOC(=O)c1ccc(-c2ccc(C)c([N+](=O)[O-])c2)o1. The molecule has 6 nitrogen and oxygen atoms in total. The Morgan fingerprint density at radius 1 is 1.43 bits per heavy atom. The number of rotatable bonds is 4. The van der Waals surface area contributed by atoms with Crippen molar-refractivity contribution in [3.8, 4) is 23.7 Å². The molecular formula is C15H11NO5. The van der Waals surface area contributed by atoms with Crippen molar-refractivity contribution in [3.05, 3.63) is 51.8 Å². The molecule has 6 heteroatoms. The Bertz CT molecular complexity index is 739. The largest absolute Gasteiger partial charge is 0.449 e. The molecule has 2 rings (SSSR count). The molecule has 2 aromatic rings. The molecular weight excluding hydrogens is 274 g/mol. The zero-order valence-corrected chi connectivity index (χ0v) is 11.2. The van der Waals surface area contributed by atoms with E-state index >= 15 is 0 Å². The van der Waals surface area contributed by atoms with Crippen molar-refractivity contribution in [1.29, 1.82) is 0 Å². The van der Waals surface area contributed by atoms with Gasteiger partial charge in [-0.3, -0.25) is 10.1 Å². The monoisotopic (exact) mass is 285 g/mol. The molecule has 0 aliphatic heterocycles. The maximum atomic E-state index is 11.6. The minimum absolute atomic E-state index is 0.0107. The van der Waals surface area contributed by atoms with E-state index in [1.54, 1.807) is 25.1 Å². The van der Waals surface area contributed by atoms with E-state index in [1.165, 1.54) is 12.1 Å². The van der Waals surface area contributed by atoms with Gasteiger partial charge in [-0.05, 0) is 19.1 Å². The summed E-state index contributed by atoms with van der Waals surface area (Å²) in [4.78, 5) is 22.0. The quantitative estimate of drug-likeness (QED) is 0.373. The lowest BCUT2D eigenvalue weighted by atomic mass is 10.1. The number of carbonyl (C=O) groups is 1. The fourth-order valence-corrected chi connectivity index (χ4v) is 1.74. The molecule has 0 bridgehead atoms. The summed E-state index contributed by atoms with van der Waals surface area (Å²) in [5.74, 6) is 1.82. The van der Waals surface area contributed by atoms with Crippen molar-refractivity contribution in [2.75, 3.05) is 6.61 Å². The average Bonchev–Trinajstić information content (AvgIpc) is 2.94. The predicted molar refractivity (Wildman–Crippen MR) is 74.7 cm³/mol. The lowest BCUT2D eigenvalue weighted by Crippen LogP contribution is -2.03. The van der Waals surface area contributed by atoms with Crippen LogP contribution in [0.3, 0.4) is 0 Å². The summed E-state index contributed by atoms with van der Waals surface area (Å²) in [6.07, 6.45) is 4.99. The third kappa shape index (κ3) is 3.09. The summed E-state index contributed by atoms with van der Waals surface area (Å²) in [5, 5.41) is 10.9. The molecule has 0 N–H and O–H groups in total. The van der Waals surface area contributed by atoms with E-state index in [9.17, 15) is 14.9 Å². The number of furan rings is 1. The minimum Gasteiger partial charge on any atom is -0.449 e. The topological polar surface area (TPSA) is 82.6 Å². The fraction of sp³-hybridized carbons (Fsp3) is 0.133. The van der Waals surface area contributed by atoms with E-state index in [0.717, 1.165) is 0 Å². The van der Waals surface area contributed by atoms with Crippen LogP contribution in [0.2, 0.25) is 0 Å². The number of benzene rings is 1. The Morgan fingerprint density at radius 3 is 2.86 bits per heavy atom. The lowest BCUT2D eigenvalue weighted by Gasteiger charge is -2.01. The van der Waals surface area contributed by atoms with E-state index < -0.39 is 10.9 Å². The first-order valence-corrected chi connectivity index (χ1v) is 5.98. The van der Waals surface area contributed by atoms with Crippen LogP contribution in [-0.4, -0.2) is 17.5 Å². The molecule has 0 amide bonds. The number of hydrogen-bond acceptors (Lipinski definition) is 5. The molecule has 0 atom stereocenters. The van der Waals surface area contributed by atoms with Crippen molar-refractivity contribution in [1.82, 2.24) is 0 Å². The van der Waals surface area contributed by atoms with E-state index in [4.69, 9.17) is 15.6 Å². The van der Waals surface area contributed by atoms with Crippen LogP contribution in [0.15, 0.2) is 34.7 Å². The number of aryl methyl sites for hydroxylation is 1. The molecule has 106 valence electrons. The van der Waals surface area contributed by atoms with Gasteiger partial charge in [0.1, 0.15) is 5.76 Å². The van der Waals surface area contributed by atoms with Gasteiger partial charge in [0.2, 0.25) is 5.76 Å². The molecule has 1 aromatic heterocycles. The van der Waals surface area contributed by atoms with Gasteiger partial charge in [-0.15, -0.1) is 6.42 Å². The fourth-order valence-electron chi connectivity index (χ4n) is 1.74. The molecule has 0 radical (unpaired) electrons. The highest BCUT2D eigenvalue weighted by Gasteiger charge is 2.16. The average molecular weight is 285 g/mol. The second-order valence-electron chi connectivity index (χ2n) is 4.20. The molecule has 0 fully saturated rings. The van der Waals surface area contributed by atoms with Crippen LogP contribution in [0.1, 0.15) is 16.1 Å². The van der Waals surface area contributed by atoms with E-state index in [0.29, 0.717) is 16.9 Å². The van der Waals surface area contributed by atoms with Gasteiger partial charge in [-0.25, -0.2) is 4.79 Å². The van der Waals surface area contributed by atoms with Gasteiger partial charge in [-0.2, -0.15) is 0 Å². The minimum atomic E-state index is -0.680. The number of nitrogens with zero attached hydrogens (tertiary/aromatic N) is 1. The third-order valence-electron chi connectivity index (χ3n) is 2.78. The van der Waals surface area contributed by atoms with Crippen molar-refractivity contribution >= 4 is 11.7 Å². The van der Waals surface area contributed by atoms with E-state index in [1.807, 2.05) is 0 Å². The van der Waals surface area contributed by atoms with Crippen LogP contribution in [0, 0.1) is 29.4 Å². The first kappa shape index (κ1) is 14.3. The third-order valence-corrected chi connectivity index (χ3v) is 2.78. The Kier molecular flexibility index (Phi) is 4.05. The van der Waals surface area contributed by atoms with Crippen LogP contribution in [0.25, 0.3) is 11.3 Å². The first-order chi connectivity index (χ1) is 10.0. The Hall–Kier alpha value is -3.07. The van der Waals surface area contributed by atoms with Crippen LogP contribution in [-0.2, 0) is 4.74 Å². The molecule has 1 heterocycles. The predicted octanol–water partition coefficient (Wildman–Crippen LogP) is 2.95. The molecule has 21 heavy (non-hydrogen) atoms. The van der Waals surface area contributed by atoms with Crippen molar-refractivity contribution in [3.63, 3.8) is 0 Å². The number of ether oxygens (including phenoxy) is 1. The van der Waals surface area contributed by atoms with Crippen LogP contribution >= 0.6 is 0 Å². The van der Waals surface area contributed by atoms with Crippen LogP contribution in [0.5, 0.6) is 0 Å². The second-order valence-corrected chi connectivity index (χ2v) is 4.20. The van der Waals surface area contributed by atoms with Gasteiger partial charge < -0.3 is 9.15 Å². The summed E-state index contributed by atoms with van der Waals surface area (Å²) in [7, 11) is 0. The highest BCUT2D eigenvalue weighted by Crippen LogP contribution is 2.28. The van der Waals surface area contributed by atoms with Crippen molar-refractivity contribution < 1.29 is 18.9 Å². The van der Waals surface area contributed by atoms with E-state index in [2.05, 4.69) is 5.92 Å². The standard InChI is InChI=1S/C15H11NO5/c1-3-8-20-15(17)14-7-6-13(21-14)11-5-4-10(2)12(9-11)16(18)19/h1,4-7,9H,8H2,2H3. The Labute approximate surface area is 120 Å². The number of terminal acetylenes is 1. The number of hydrogen-bond donors (Lipinski definition) is 0. The van der Waals surface area contributed by atoms with Crippen molar-refractivity contribution in [2.45, 2.75) is 6.92 Å². The van der Waals surface area contributed by atoms with Crippen LogP contribution in [0.4, 0.5) is 5.69 Å². The van der Waals surface area contributed by atoms with Gasteiger partial charge >= 0.3 is 5.97 Å². The maximum Gasteiger partial charge on any atom is 0.375 e. The maximum absolute atomic E-state index is 11.6. The highest BCUT2D eigenvalue weighted by atomic mass is 16.6. The number of nitro groups is 1.